The van der Waals surface area contributed by atoms with Gasteiger partial charge in [-0.1, -0.05) is 6.92 Å². The van der Waals surface area contributed by atoms with Gasteiger partial charge in [0, 0.05) is 19.1 Å². The van der Waals surface area contributed by atoms with E-state index < -0.39 is 0 Å². The lowest BCUT2D eigenvalue weighted by molar-refractivity contribution is -0.144. The van der Waals surface area contributed by atoms with Crippen LogP contribution in [0.4, 0.5) is 0 Å². The summed E-state index contributed by atoms with van der Waals surface area (Å²) in [5, 5.41) is 3.32. The molecule has 0 spiro atoms. The Bertz CT molecular complexity index is 259. The zero-order chi connectivity index (χ0) is 11.6. The lowest BCUT2D eigenvalue weighted by Gasteiger charge is -2.39. The first-order valence-electron chi connectivity index (χ1n) is 6.69. The van der Waals surface area contributed by atoms with E-state index in [4.69, 9.17) is 0 Å². The summed E-state index contributed by atoms with van der Waals surface area (Å²) in [4.78, 5) is 14.7. The molecule has 2 saturated heterocycles. The number of carbonyl (C=O) groups is 1. The summed E-state index contributed by atoms with van der Waals surface area (Å²) < 4.78 is 0. The van der Waals surface area contributed by atoms with Crippen LogP contribution in [-0.4, -0.2) is 36.5 Å². The van der Waals surface area contributed by atoms with Gasteiger partial charge in [0.15, 0.2) is 0 Å². The number of nitrogens with one attached hydrogen (secondary N) is 1. The number of carbonyl (C=O) groups excluding carboxylic acids is 1. The average molecular weight is 224 g/mol. The van der Waals surface area contributed by atoms with Gasteiger partial charge in [-0.15, -0.1) is 0 Å². The molecule has 2 atom stereocenters. The van der Waals surface area contributed by atoms with E-state index in [2.05, 4.69) is 24.1 Å². The second kappa shape index (κ2) is 4.74. The van der Waals surface area contributed by atoms with Gasteiger partial charge in [-0.3, -0.25) is 4.79 Å². The van der Waals surface area contributed by atoms with E-state index in [9.17, 15) is 4.79 Å². The smallest absolute Gasteiger partial charge is 0.230 e. The standard InChI is InChI=1S/C13H24N2O/c1-3-11-6-4-5-9-15(11)12(16)13(2)7-8-14-10-13/h11,14H,3-10H2,1-2H3. The van der Waals surface area contributed by atoms with E-state index >= 15 is 0 Å². The number of piperidine rings is 1. The second-order valence-corrected chi connectivity index (χ2v) is 5.54. The number of hydrogen-bond donors (Lipinski definition) is 1. The zero-order valence-electron chi connectivity index (χ0n) is 10.6. The van der Waals surface area contributed by atoms with Crippen molar-refractivity contribution in [2.24, 2.45) is 5.41 Å². The third-order valence-electron chi connectivity index (χ3n) is 4.24. The summed E-state index contributed by atoms with van der Waals surface area (Å²) in [6.45, 7) is 7.15. The molecule has 0 aromatic rings. The van der Waals surface area contributed by atoms with Gasteiger partial charge >= 0.3 is 0 Å². The van der Waals surface area contributed by atoms with Crippen LogP contribution in [0.3, 0.4) is 0 Å². The summed E-state index contributed by atoms with van der Waals surface area (Å²) in [7, 11) is 0. The fourth-order valence-electron chi connectivity index (χ4n) is 3.04. The molecule has 2 unspecified atom stereocenters. The Labute approximate surface area is 98.6 Å². The number of rotatable bonds is 2. The molecule has 3 heteroatoms. The Morgan fingerprint density at radius 1 is 1.50 bits per heavy atom. The van der Waals surface area contributed by atoms with E-state index in [0.29, 0.717) is 11.9 Å². The van der Waals surface area contributed by atoms with Crippen molar-refractivity contribution in [2.45, 2.75) is 52.0 Å². The summed E-state index contributed by atoms with van der Waals surface area (Å²) in [6.07, 6.45) is 5.78. The molecule has 0 saturated carbocycles. The highest BCUT2D eigenvalue weighted by Gasteiger charge is 2.41. The minimum atomic E-state index is -0.134. The van der Waals surface area contributed by atoms with Crippen LogP contribution >= 0.6 is 0 Å². The molecule has 2 rings (SSSR count). The predicted molar refractivity (Wildman–Crippen MR) is 65.2 cm³/mol. The molecule has 2 aliphatic heterocycles. The van der Waals surface area contributed by atoms with Crippen LogP contribution in [0, 0.1) is 5.41 Å². The van der Waals surface area contributed by atoms with Crippen LogP contribution in [0.5, 0.6) is 0 Å². The minimum Gasteiger partial charge on any atom is -0.339 e. The maximum atomic E-state index is 12.6. The van der Waals surface area contributed by atoms with Crippen molar-refractivity contribution in [3.63, 3.8) is 0 Å². The largest absolute Gasteiger partial charge is 0.339 e. The Morgan fingerprint density at radius 3 is 2.94 bits per heavy atom. The zero-order valence-corrected chi connectivity index (χ0v) is 10.6. The molecule has 0 aromatic carbocycles. The predicted octanol–water partition coefficient (Wildman–Crippen LogP) is 1.78. The first-order chi connectivity index (χ1) is 7.67. The summed E-state index contributed by atoms with van der Waals surface area (Å²) in [5.74, 6) is 0.393. The van der Waals surface area contributed by atoms with Gasteiger partial charge in [-0.05, 0) is 45.6 Å². The second-order valence-electron chi connectivity index (χ2n) is 5.54. The van der Waals surface area contributed by atoms with Gasteiger partial charge in [-0.25, -0.2) is 0 Å². The highest BCUT2D eigenvalue weighted by molar-refractivity contribution is 5.83. The molecule has 1 amide bonds. The van der Waals surface area contributed by atoms with Crippen LogP contribution in [0.1, 0.15) is 46.0 Å². The summed E-state index contributed by atoms with van der Waals surface area (Å²) in [6, 6.07) is 0.499. The van der Waals surface area contributed by atoms with Crippen molar-refractivity contribution < 1.29 is 4.79 Å². The lowest BCUT2D eigenvalue weighted by Crippen LogP contribution is -2.50. The van der Waals surface area contributed by atoms with Gasteiger partial charge in [-0.2, -0.15) is 0 Å². The minimum absolute atomic E-state index is 0.134. The average Bonchev–Trinajstić information content (AvgIpc) is 2.76. The quantitative estimate of drug-likeness (QED) is 0.775. The van der Waals surface area contributed by atoms with Crippen molar-refractivity contribution in [1.29, 1.82) is 0 Å². The first-order valence-corrected chi connectivity index (χ1v) is 6.69. The maximum absolute atomic E-state index is 12.6. The number of amides is 1. The van der Waals surface area contributed by atoms with Crippen molar-refractivity contribution in [3.8, 4) is 0 Å². The van der Waals surface area contributed by atoms with Gasteiger partial charge < -0.3 is 10.2 Å². The van der Waals surface area contributed by atoms with Crippen LogP contribution in [-0.2, 0) is 4.79 Å². The Hall–Kier alpha value is -0.570. The molecule has 16 heavy (non-hydrogen) atoms. The molecule has 0 aromatic heterocycles. The van der Waals surface area contributed by atoms with Gasteiger partial charge in [0.1, 0.15) is 0 Å². The number of hydrogen-bond acceptors (Lipinski definition) is 2. The van der Waals surface area contributed by atoms with Gasteiger partial charge in [0.05, 0.1) is 5.41 Å². The SMILES string of the molecule is CCC1CCCCN1C(=O)C1(C)CCNC1. The number of likely N-dealkylation sites (tertiary alicyclic amines) is 1. The fourth-order valence-corrected chi connectivity index (χ4v) is 3.04. The van der Waals surface area contributed by atoms with Crippen LogP contribution < -0.4 is 5.32 Å². The molecular formula is C13H24N2O. The first kappa shape index (κ1) is 11.9. The van der Waals surface area contributed by atoms with Gasteiger partial charge in [0.25, 0.3) is 0 Å². The molecule has 0 aliphatic carbocycles. The molecule has 2 fully saturated rings. The van der Waals surface area contributed by atoms with Crippen LogP contribution in [0.25, 0.3) is 0 Å². The highest BCUT2D eigenvalue weighted by atomic mass is 16.2. The van der Waals surface area contributed by atoms with Crippen LogP contribution in [0.2, 0.25) is 0 Å². The van der Waals surface area contributed by atoms with E-state index in [1.807, 2.05) is 0 Å². The van der Waals surface area contributed by atoms with Gasteiger partial charge in [0.2, 0.25) is 5.91 Å². The van der Waals surface area contributed by atoms with Crippen LogP contribution in [0.15, 0.2) is 0 Å². The molecule has 0 radical (unpaired) electrons. The Morgan fingerprint density at radius 2 is 2.31 bits per heavy atom. The lowest BCUT2D eigenvalue weighted by atomic mass is 9.86. The Balaban J connectivity index is 2.07. The normalized spacial score (nSPS) is 35.4. The van der Waals surface area contributed by atoms with E-state index in [1.54, 1.807) is 0 Å². The van der Waals surface area contributed by atoms with Crippen molar-refractivity contribution in [3.05, 3.63) is 0 Å². The third-order valence-corrected chi connectivity index (χ3v) is 4.24. The molecule has 0 bridgehead atoms. The molecular weight excluding hydrogens is 200 g/mol. The van der Waals surface area contributed by atoms with E-state index in [0.717, 1.165) is 32.5 Å². The van der Waals surface area contributed by atoms with Crippen molar-refractivity contribution in [1.82, 2.24) is 10.2 Å². The van der Waals surface area contributed by atoms with E-state index in [-0.39, 0.29) is 5.41 Å². The topological polar surface area (TPSA) is 32.3 Å². The maximum Gasteiger partial charge on any atom is 0.230 e. The highest BCUT2D eigenvalue weighted by Crippen LogP contribution is 2.31. The molecule has 3 nitrogen and oxygen atoms in total. The monoisotopic (exact) mass is 224 g/mol. The molecule has 2 heterocycles. The third kappa shape index (κ3) is 2.10. The van der Waals surface area contributed by atoms with Crippen molar-refractivity contribution in [2.75, 3.05) is 19.6 Å². The van der Waals surface area contributed by atoms with E-state index in [1.165, 1.54) is 19.3 Å². The summed E-state index contributed by atoms with van der Waals surface area (Å²) >= 11 is 0. The number of nitrogens with zero attached hydrogens (tertiary/aromatic N) is 1. The fraction of sp³-hybridized carbons (Fsp3) is 0.923. The summed E-state index contributed by atoms with van der Waals surface area (Å²) in [5.41, 5.74) is -0.134. The molecule has 1 N–H and O–H groups in total. The Kier molecular flexibility index (Phi) is 3.53. The molecule has 92 valence electrons. The molecule has 2 aliphatic rings. The van der Waals surface area contributed by atoms with Crippen molar-refractivity contribution >= 4 is 5.91 Å².